The topological polar surface area (TPSA) is 72.6 Å². The summed E-state index contributed by atoms with van der Waals surface area (Å²) in [5.41, 5.74) is 3.74. The first-order chi connectivity index (χ1) is 12.9. The summed E-state index contributed by atoms with van der Waals surface area (Å²) < 4.78 is 2.27. The van der Waals surface area contributed by atoms with Crippen molar-refractivity contribution in [1.29, 1.82) is 0 Å². The van der Waals surface area contributed by atoms with Crippen LogP contribution in [0.15, 0.2) is 30.9 Å². The lowest BCUT2D eigenvalue weighted by Gasteiger charge is -2.23. The number of anilines is 1. The minimum atomic E-state index is 0.768. The first-order valence-electron chi connectivity index (χ1n) is 9.26. The fourth-order valence-corrected chi connectivity index (χ4v) is 4.03. The second kappa shape index (κ2) is 6.48. The average Bonchev–Trinajstić information content (AvgIpc) is 3.24. The average molecular weight is 347 g/mol. The van der Waals surface area contributed by atoms with E-state index < -0.39 is 0 Å². The van der Waals surface area contributed by atoms with Gasteiger partial charge in [-0.1, -0.05) is 6.07 Å². The lowest BCUT2D eigenvalue weighted by molar-refractivity contribution is 0.652. The van der Waals surface area contributed by atoms with E-state index in [9.17, 15) is 0 Å². The van der Waals surface area contributed by atoms with Gasteiger partial charge < -0.3 is 9.47 Å². The van der Waals surface area contributed by atoms with Crippen LogP contribution >= 0.6 is 0 Å². The van der Waals surface area contributed by atoms with Gasteiger partial charge in [0.25, 0.3) is 0 Å². The zero-order valence-corrected chi connectivity index (χ0v) is 14.7. The Morgan fingerprint density at radius 2 is 2.00 bits per heavy atom. The van der Waals surface area contributed by atoms with Gasteiger partial charge in [-0.15, -0.1) is 10.2 Å². The fraction of sp³-hybridized carbons (Fsp3) is 0.421. The maximum atomic E-state index is 4.61. The van der Waals surface area contributed by atoms with E-state index in [2.05, 4.69) is 40.7 Å². The number of hydrogen-bond acceptors (Lipinski definition) is 6. The Balaban J connectivity index is 1.38. The molecule has 4 heterocycles. The van der Waals surface area contributed by atoms with E-state index in [0.717, 1.165) is 68.3 Å². The maximum absolute atomic E-state index is 4.61. The largest absolute Gasteiger partial charge is 0.354 e. The van der Waals surface area contributed by atoms with Gasteiger partial charge in [0.15, 0.2) is 0 Å². The summed E-state index contributed by atoms with van der Waals surface area (Å²) in [7, 11) is 0. The number of pyridine rings is 1. The molecule has 0 amide bonds. The third kappa shape index (κ3) is 2.73. The predicted molar refractivity (Wildman–Crippen MR) is 97.0 cm³/mol. The van der Waals surface area contributed by atoms with E-state index >= 15 is 0 Å². The third-order valence-corrected chi connectivity index (χ3v) is 5.34. The van der Waals surface area contributed by atoms with Gasteiger partial charge in [0.1, 0.15) is 23.8 Å². The van der Waals surface area contributed by atoms with Gasteiger partial charge in [0, 0.05) is 56.1 Å². The minimum Gasteiger partial charge on any atom is -0.354 e. The molecule has 0 saturated heterocycles. The van der Waals surface area contributed by atoms with Gasteiger partial charge in [-0.25, -0.2) is 9.97 Å². The monoisotopic (exact) mass is 347 g/mol. The molecule has 5 rings (SSSR count). The van der Waals surface area contributed by atoms with Gasteiger partial charge in [0.05, 0.1) is 0 Å². The van der Waals surface area contributed by atoms with E-state index in [0.29, 0.717) is 0 Å². The van der Waals surface area contributed by atoms with Crippen LogP contribution in [0.1, 0.15) is 34.9 Å². The highest BCUT2D eigenvalue weighted by Gasteiger charge is 2.24. The highest BCUT2D eigenvalue weighted by Crippen LogP contribution is 2.28. The van der Waals surface area contributed by atoms with Crippen LogP contribution in [0.5, 0.6) is 0 Å². The van der Waals surface area contributed by atoms with Crippen molar-refractivity contribution in [2.24, 2.45) is 0 Å². The van der Waals surface area contributed by atoms with Gasteiger partial charge in [0.2, 0.25) is 0 Å². The fourth-order valence-electron chi connectivity index (χ4n) is 4.03. The molecule has 0 fully saturated rings. The summed E-state index contributed by atoms with van der Waals surface area (Å²) in [5, 5.41) is 8.88. The molecule has 132 valence electrons. The van der Waals surface area contributed by atoms with Gasteiger partial charge in [-0.05, 0) is 30.9 Å². The van der Waals surface area contributed by atoms with E-state index in [1.54, 1.807) is 12.5 Å². The van der Waals surface area contributed by atoms with E-state index in [1.807, 2.05) is 12.3 Å². The molecule has 1 aliphatic heterocycles. The molecule has 0 unspecified atom stereocenters. The molecule has 2 aliphatic rings. The van der Waals surface area contributed by atoms with Crippen LogP contribution < -0.4 is 4.90 Å². The summed E-state index contributed by atoms with van der Waals surface area (Å²) in [6.45, 7) is 2.74. The summed E-state index contributed by atoms with van der Waals surface area (Å²) >= 11 is 0. The first kappa shape index (κ1) is 15.4. The van der Waals surface area contributed by atoms with Crippen LogP contribution in [0.2, 0.25) is 0 Å². The van der Waals surface area contributed by atoms with Crippen molar-refractivity contribution in [3.05, 3.63) is 59.3 Å². The van der Waals surface area contributed by atoms with Gasteiger partial charge in [-0.3, -0.25) is 4.98 Å². The Morgan fingerprint density at radius 3 is 2.92 bits per heavy atom. The van der Waals surface area contributed by atoms with Crippen LogP contribution in [0.3, 0.4) is 0 Å². The molecule has 0 spiro atoms. The lowest BCUT2D eigenvalue weighted by Crippen LogP contribution is -2.29. The molecule has 7 heteroatoms. The molecule has 26 heavy (non-hydrogen) atoms. The van der Waals surface area contributed by atoms with Crippen LogP contribution in [-0.4, -0.2) is 42.8 Å². The Labute approximate surface area is 152 Å². The number of fused-ring (bicyclic) bond motifs is 2. The molecule has 3 aromatic rings. The van der Waals surface area contributed by atoms with Crippen LogP contribution in [0, 0.1) is 0 Å². The molecule has 0 radical (unpaired) electrons. The second-order valence-electron chi connectivity index (χ2n) is 6.94. The summed E-state index contributed by atoms with van der Waals surface area (Å²) in [6.07, 6.45) is 10.4. The number of nitrogens with zero attached hydrogens (tertiary/aromatic N) is 7. The molecule has 0 saturated carbocycles. The predicted octanol–water partition coefficient (Wildman–Crippen LogP) is 1.61. The summed E-state index contributed by atoms with van der Waals surface area (Å²) in [4.78, 5) is 15.7. The molecular weight excluding hydrogens is 326 g/mol. The molecule has 3 aromatic heterocycles. The zero-order valence-electron chi connectivity index (χ0n) is 14.7. The summed E-state index contributed by atoms with van der Waals surface area (Å²) in [5.74, 6) is 3.21. The van der Waals surface area contributed by atoms with E-state index in [1.165, 1.54) is 17.7 Å². The molecule has 0 atom stereocenters. The minimum absolute atomic E-state index is 0.768. The molecule has 1 aliphatic carbocycles. The highest BCUT2D eigenvalue weighted by atomic mass is 15.3. The zero-order chi connectivity index (χ0) is 17.3. The Morgan fingerprint density at radius 1 is 1.00 bits per heavy atom. The Hall–Kier alpha value is -2.83. The normalized spacial score (nSPS) is 16.2. The standard InChI is InChI=1S/C19H21N7/c1-4-15-16(5-1)21-13-22-19(15)25-8-6-17-23-24-18(26(17)10-9-25)11-14-3-2-7-20-12-14/h2-3,7,12-13H,1,4-6,8-11H2. The highest BCUT2D eigenvalue weighted by molar-refractivity contribution is 5.50. The maximum Gasteiger partial charge on any atom is 0.137 e. The van der Waals surface area contributed by atoms with Gasteiger partial charge in [-0.2, -0.15) is 0 Å². The van der Waals surface area contributed by atoms with E-state index in [4.69, 9.17) is 0 Å². The quantitative estimate of drug-likeness (QED) is 0.717. The van der Waals surface area contributed by atoms with Crippen molar-refractivity contribution in [3.63, 3.8) is 0 Å². The third-order valence-electron chi connectivity index (χ3n) is 5.34. The lowest BCUT2D eigenvalue weighted by atomic mass is 10.2. The number of aryl methyl sites for hydroxylation is 1. The van der Waals surface area contributed by atoms with Crippen molar-refractivity contribution in [2.45, 2.75) is 38.6 Å². The number of aromatic nitrogens is 6. The van der Waals surface area contributed by atoms with Gasteiger partial charge >= 0.3 is 0 Å². The van der Waals surface area contributed by atoms with Crippen molar-refractivity contribution in [3.8, 4) is 0 Å². The summed E-state index contributed by atoms with van der Waals surface area (Å²) in [6, 6.07) is 4.05. The molecule has 7 nitrogen and oxygen atoms in total. The Kier molecular flexibility index (Phi) is 3.84. The molecule has 0 N–H and O–H groups in total. The van der Waals surface area contributed by atoms with Crippen LogP contribution in [-0.2, 0) is 32.2 Å². The molecular formula is C19H21N7. The van der Waals surface area contributed by atoms with Crippen molar-refractivity contribution in [1.82, 2.24) is 29.7 Å². The smallest absolute Gasteiger partial charge is 0.137 e. The van der Waals surface area contributed by atoms with E-state index in [-0.39, 0.29) is 0 Å². The number of rotatable bonds is 3. The second-order valence-corrected chi connectivity index (χ2v) is 6.94. The molecule has 0 aromatic carbocycles. The van der Waals surface area contributed by atoms with Crippen LogP contribution in [0.25, 0.3) is 0 Å². The van der Waals surface area contributed by atoms with Crippen molar-refractivity contribution >= 4 is 5.82 Å². The molecule has 0 bridgehead atoms. The SMILES string of the molecule is c1cncc(Cc2nnc3n2CCN(c2ncnc4c2CCC4)CC3)c1. The number of hydrogen-bond donors (Lipinski definition) is 0. The Bertz CT molecular complexity index is 919. The first-order valence-corrected chi connectivity index (χ1v) is 9.26. The van der Waals surface area contributed by atoms with Crippen LogP contribution in [0.4, 0.5) is 5.82 Å². The van der Waals surface area contributed by atoms with Crippen molar-refractivity contribution in [2.75, 3.05) is 18.0 Å². The van der Waals surface area contributed by atoms with Crippen molar-refractivity contribution < 1.29 is 0 Å².